The molecule has 1 atom stereocenters. The molecular formula is C13H18ClF6N5O. The fourth-order valence-corrected chi connectivity index (χ4v) is 2.46. The first-order valence-electron chi connectivity index (χ1n) is 7.46. The van der Waals surface area contributed by atoms with E-state index in [0.717, 1.165) is 10.9 Å². The summed E-state index contributed by atoms with van der Waals surface area (Å²) in [4.78, 5) is 12.9. The molecule has 1 aromatic rings. The smallest absolute Gasteiger partial charge is 0.353 e. The van der Waals surface area contributed by atoms with Gasteiger partial charge in [0.2, 0.25) is 5.91 Å². The van der Waals surface area contributed by atoms with Crippen molar-refractivity contribution in [1.29, 1.82) is 0 Å². The number of amides is 1. The first-order valence-corrected chi connectivity index (χ1v) is 7.46. The highest BCUT2D eigenvalue weighted by Crippen LogP contribution is 2.27. The number of carbonyl (C=O) groups excluding carboxylic acids is 1. The van der Waals surface area contributed by atoms with Gasteiger partial charge in [0.25, 0.3) is 0 Å². The van der Waals surface area contributed by atoms with Gasteiger partial charge in [-0.25, -0.2) is 0 Å². The second-order valence-electron chi connectivity index (χ2n) is 5.54. The van der Waals surface area contributed by atoms with E-state index in [2.05, 4.69) is 15.7 Å². The minimum Gasteiger partial charge on any atom is -0.353 e. The van der Waals surface area contributed by atoms with Crippen molar-refractivity contribution in [2.24, 2.45) is 0 Å². The highest BCUT2D eigenvalue weighted by Gasteiger charge is 2.43. The van der Waals surface area contributed by atoms with Crippen molar-refractivity contribution < 1.29 is 31.1 Å². The van der Waals surface area contributed by atoms with Crippen LogP contribution in [0.2, 0.25) is 0 Å². The zero-order chi connectivity index (χ0) is 18.7. The number of nitrogens with zero attached hydrogens (tertiary/aromatic N) is 3. The SMILES string of the molecule is Cl.O=C(Cn1ccc(C(F)(F)F)n1)NCC(N1CCNCC1)C(F)(F)F. The van der Waals surface area contributed by atoms with Crippen LogP contribution in [0.25, 0.3) is 0 Å². The lowest BCUT2D eigenvalue weighted by Crippen LogP contribution is -2.57. The third-order valence-electron chi connectivity index (χ3n) is 3.70. The summed E-state index contributed by atoms with van der Waals surface area (Å²) in [6.07, 6.45) is -8.23. The molecule has 1 aromatic heterocycles. The summed E-state index contributed by atoms with van der Waals surface area (Å²) in [5.41, 5.74) is -1.17. The molecule has 2 heterocycles. The van der Waals surface area contributed by atoms with Gasteiger partial charge in [-0.15, -0.1) is 12.4 Å². The number of nitrogens with one attached hydrogen (secondary N) is 2. The van der Waals surface area contributed by atoms with Crippen LogP contribution in [0.5, 0.6) is 0 Å². The average molecular weight is 410 g/mol. The first-order chi connectivity index (χ1) is 11.6. The topological polar surface area (TPSA) is 62.2 Å². The monoisotopic (exact) mass is 409 g/mol. The maximum atomic E-state index is 13.2. The largest absolute Gasteiger partial charge is 0.435 e. The molecule has 1 aliphatic heterocycles. The molecular weight excluding hydrogens is 392 g/mol. The van der Waals surface area contributed by atoms with E-state index < -0.39 is 43.1 Å². The quantitative estimate of drug-likeness (QED) is 0.719. The Hall–Kier alpha value is -1.53. The Morgan fingerprint density at radius 3 is 2.35 bits per heavy atom. The number of carbonyl (C=O) groups is 1. The molecule has 2 rings (SSSR count). The maximum Gasteiger partial charge on any atom is 0.435 e. The Balaban J connectivity index is 0.00000338. The van der Waals surface area contributed by atoms with Crippen molar-refractivity contribution in [2.75, 3.05) is 32.7 Å². The predicted octanol–water partition coefficient (Wildman–Crippen LogP) is 1.28. The fourth-order valence-electron chi connectivity index (χ4n) is 2.46. The molecule has 1 saturated heterocycles. The summed E-state index contributed by atoms with van der Waals surface area (Å²) in [6.45, 7) is -0.0672. The number of hydrogen-bond acceptors (Lipinski definition) is 4. The molecule has 2 N–H and O–H groups in total. The van der Waals surface area contributed by atoms with Gasteiger partial charge < -0.3 is 10.6 Å². The summed E-state index contributed by atoms with van der Waals surface area (Å²) >= 11 is 0. The average Bonchev–Trinajstić information content (AvgIpc) is 2.95. The molecule has 1 amide bonds. The van der Waals surface area contributed by atoms with Crippen LogP contribution >= 0.6 is 12.4 Å². The Morgan fingerprint density at radius 1 is 1.23 bits per heavy atom. The molecule has 0 radical (unpaired) electrons. The number of rotatable bonds is 5. The van der Waals surface area contributed by atoms with Crippen LogP contribution in [-0.4, -0.2) is 65.5 Å². The highest BCUT2D eigenvalue weighted by atomic mass is 35.5. The minimum absolute atomic E-state index is 0. The molecule has 1 aliphatic rings. The molecule has 0 aliphatic carbocycles. The number of piperazine rings is 1. The van der Waals surface area contributed by atoms with Gasteiger partial charge in [0.05, 0.1) is 0 Å². The molecule has 26 heavy (non-hydrogen) atoms. The first kappa shape index (κ1) is 22.5. The van der Waals surface area contributed by atoms with Gasteiger partial charge >= 0.3 is 12.4 Å². The van der Waals surface area contributed by atoms with Crippen molar-refractivity contribution in [1.82, 2.24) is 25.3 Å². The fraction of sp³-hybridized carbons (Fsp3) is 0.692. The van der Waals surface area contributed by atoms with Crippen LogP contribution in [0.15, 0.2) is 12.3 Å². The lowest BCUT2D eigenvalue weighted by Gasteiger charge is -2.35. The molecule has 0 bridgehead atoms. The summed E-state index contributed by atoms with van der Waals surface area (Å²) < 4.78 is 77.5. The molecule has 0 aromatic carbocycles. The van der Waals surface area contributed by atoms with Gasteiger partial charge in [0.1, 0.15) is 12.6 Å². The predicted molar refractivity (Wildman–Crippen MR) is 81.8 cm³/mol. The zero-order valence-corrected chi connectivity index (χ0v) is 14.2. The molecule has 6 nitrogen and oxygen atoms in total. The lowest BCUT2D eigenvalue weighted by molar-refractivity contribution is -0.184. The number of hydrogen-bond donors (Lipinski definition) is 2. The highest BCUT2D eigenvalue weighted by molar-refractivity contribution is 5.85. The van der Waals surface area contributed by atoms with Crippen LogP contribution < -0.4 is 10.6 Å². The minimum atomic E-state index is -4.65. The van der Waals surface area contributed by atoms with Crippen molar-refractivity contribution in [3.05, 3.63) is 18.0 Å². The van der Waals surface area contributed by atoms with Gasteiger partial charge in [-0.1, -0.05) is 0 Å². The third kappa shape index (κ3) is 6.32. The van der Waals surface area contributed by atoms with Crippen LogP contribution in [0.4, 0.5) is 26.3 Å². The second-order valence-corrected chi connectivity index (χ2v) is 5.54. The van der Waals surface area contributed by atoms with Gasteiger partial charge in [0.15, 0.2) is 5.69 Å². The maximum absolute atomic E-state index is 13.2. The van der Waals surface area contributed by atoms with E-state index >= 15 is 0 Å². The summed E-state index contributed by atoms with van der Waals surface area (Å²) in [5.74, 6) is -0.846. The van der Waals surface area contributed by atoms with Crippen LogP contribution in [0, 0.1) is 0 Å². The van der Waals surface area contributed by atoms with Crippen molar-refractivity contribution in [3.63, 3.8) is 0 Å². The molecule has 1 fully saturated rings. The Bertz CT molecular complexity index is 584. The van der Waals surface area contributed by atoms with Gasteiger partial charge in [-0.2, -0.15) is 31.4 Å². The normalized spacial score (nSPS) is 17.5. The molecule has 13 heteroatoms. The molecule has 0 saturated carbocycles. The summed E-state index contributed by atoms with van der Waals surface area (Å²) in [6, 6.07) is -1.16. The van der Waals surface area contributed by atoms with E-state index in [1.54, 1.807) is 0 Å². The van der Waals surface area contributed by atoms with Crippen molar-refractivity contribution in [2.45, 2.75) is 24.9 Å². The van der Waals surface area contributed by atoms with Gasteiger partial charge in [-0.3, -0.25) is 14.4 Å². The van der Waals surface area contributed by atoms with Gasteiger partial charge in [0, 0.05) is 38.9 Å². The number of halogens is 7. The van der Waals surface area contributed by atoms with Crippen molar-refractivity contribution >= 4 is 18.3 Å². The van der Waals surface area contributed by atoms with E-state index in [1.165, 1.54) is 4.90 Å². The van der Waals surface area contributed by atoms with E-state index in [-0.39, 0.29) is 25.5 Å². The van der Waals surface area contributed by atoms with E-state index in [0.29, 0.717) is 19.2 Å². The van der Waals surface area contributed by atoms with E-state index in [9.17, 15) is 31.1 Å². The van der Waals surface area contributed by atoms with Crippen LogP contribution in [-0.2, 0) is 17.5 Å². The Labute approximate surface area is 151 Å². The molecule has 0 spiro atoms. The van der Waals surface area contributed by atoms with Crippen molar-refractivity contribution in [3.8, 4) is 0 Å². The number of alkyl halides is 6. The van der Waals surface area contributed by atoms with Crippen LogP contribution in [0.3, 0.4) is 0 Å². The Morgan fingerprint density at radius 2 is 1.85 bits per heavy atom. The lowest BCUT2D eigenvalue weighted by atomic mass is 10.2. The van der Waals surface area contributed by atoms with E-state index in [1.807, 2.05) is 0 Å². The molecule has 150 valence electrons. The standard InChI is InChI=1S/C13H17F6N5O.ClH/c14-12(15,16)9-1-4-24(22-9)8-11(25)21-7-10(13(17,18)19)23-5-2-20-3-6-23;/h1,4,10,20H,2-3,5-8H2,(H,21,25);1H. The summed E-state index contributed by atoms with van der Waals surface area (Å²) in [5, 5.41) is 8.23. The molecule has 1 unspecified atom stereocenters. The van der Waals surface area contributed by atoms with Crippen LogP contribution in [0.1, 0.15) is 5.69 Å². The zero-order valence-electron chi connectivity index (χ0n) is 13.4. The second kappa shape index (κ2) is 8.91. The summed E-state index contributed by atoms with van der Waals surface area (Å²) in [7, 11) is 0. The van der Waals surface area contributed by atoms with E-state index in [4.69, 9.17) is 0 Å². The third-order valence-corrected chi connectivity index (χ3v) is 3.70. The number of aromatic nitrogens is 2. The van der Waals surface area contributed by atoms with Gasteiger partial charge in [-0.05, 0) is 6.07 Å². The Kier molecular flexibility index (Phi) is 7.71.